The number of hydrogen-bond donors (Lipinski definition) is 2. The van der Waals surface area contributed by atoms with E-state index in [1.807, 2.05) is 18.4 Å². The second-order valence-electron chi connectivity index (χ2n) is 4.71. The molecule has 21 heavy (non-hydrogen) atoms. The van der Waals surface area contributed by atoms with Crippen LogP contribution < -0.4 is 5.32 Å². The number of halogens is 1. The molecular weight excluding hydrogens is 289 g/mol. The van der Waals surface area contributed by atoms with Gasteiger partial charge in [-0.1, -0.05) is 12.1 Å². The third-order valence-corrected chi connectivity index (χ3v) is 3.79. The fourth-order valence-electron chi connectivity index (χ4n) is 2.07. The standard InChI is InChI=1S/C16H16FNO2S/c1-10-7-12(17)9-13(8-10)18-15(16(19)20)11-3-5-14(21-2)6-4-11/h3-9,15,18H,1-2H3,(H,19,20). The van der Waals surface area contributed by atoms with Crippen LogP contribution in [-0.4, -0.2) is 17.3 Å². The fourth-order valence-corrected chi connectivity index (χ4v) is 2.48. The Bertz CT molecular complexity index is 623. The van der Waals surface area contributed by atoms with E-state index in [1.54, 1.807) is 36.9 Å². The second-order valence-corrected chi connectivity index (χ2v) is 5.59. The topological polar surface area (TPSA) is 49.3 Å². The number of nitrogens with one attached hydrogen (secondary N) is 1. The summed E-state index contributed by atoms with van der Waals surface area (Å²) >= 11 is 1.59. The molecule has 0 bridgehead atoms. The number of thioether (sulfide) groups is 1. The Morgan fingerprint density at radius 1 is 1.24 bits per heavy atom. The summed E-state index contributed by atoms with van der Waals surface area (Å²) in [5.74, 6) is -1.40. The lowest BCUT2D eigenvalue weighted by atomic mass is 10.1. The summed E-state index contributed by atoms with van der Waals surface area (Å²) in [6, 6.07) is 10.8. The van der Waals surface area contributed by atoms with Crippen molar-refractivity contribution in [2.75, 3.05) is 11.6 Å². The summed E-state index contributed by atoms with van der Waals surface area (Å²) in [7, 11) is 0. The highest BCUT2D eigenvalue weighted by atomic mass is 32.2. The molecule has 0 saturated carbocycles. The van der Waals surface area contributed by atoms with E-state index in [-0.39, 0.29) is 5.82 Å². The molecule has 1 unspecified atom stereocenters. The van der Waals surface area contributed by atoms with Gasteiger partial charge in [-0.2, -0.15) is 0 Å². The lowest BCUT2D eigenvalue weighted by Gasteiger charge is -2.17. The van der Waals surface area contributed by atoms with E-state index in [4.69, 9.17) is 0 Å². The van der Waals surface area contributed by atoms with Crippen molar-refractivity contribution in [1.82, 2.24) is 0 Å². The SMILES string of the molecule is CSc1ccc(C(Nc2cc(C)cc(F)c2)C(=O)O)cc1. The summed E-state index contributed by atoms with van der Waals surface area (Å²) in [5, 5.41) is 12.3. The highest BCUT2D eigenvalue weighted by Crippen LogP contribution is 2.24. The van der Waals surface area contributed by atoms with Gasteiger partial charge in [-0.15, -0.1) is 11.8 Å². The lowest BCUT2D eigenvalue weighted by Crippen LogP contribution is -2.20. The smallest absolute Gasteiger partial charge is 0.330 e. The van der Waals surface area contributed by atoms with Gasteiger partial charge in [0, 0.05) is 10.6 Å². The van der Waals surface area contributed by atoms with Crippen LogP contribution in [0.15, 0.2) is 47.4 Å². The van der Waals surface area contributed by atoms with Crippen molar-refractivity contribution in [2.24, 2.45) is 0 Å². The van der Waals surface area contributed by atoms with Gasteiger partial charge >= 0.3 is 5.97 Å². The first-order chi connectivity index (χ1) is 9.99. The van der Waals surface area contributed by atoms with Crippen LogP contribution in [0.2, 0.25) is 0 Å². The Balaban J connectivity index is 2.28. The largest absolute Gasteiger partial charge is 0.479 e. The molecular formula is C16H16FNO2S. The minimum absolute atomic E-state index is 0.389. The number of hydrogen-bond acceptors (Lipinski definition) is 3. The first kappa shape index (κ1) is 15.4. The molecule has 0 saturated heterocycles. The number of benzene rings is 2. The third kappa shape index (κ3) is 3.98. The molecule has 0 aromatic heterocycles. The average molecular weight is 305 g/mol. The number of anilines is 1. The van der Waals surface area contributed by atoms with Crippen molar-refractivity contribution >= 4 is 23.4 Å². The maximum atomic E-state index is 13.4. The van der Waals surface area contributed by atoms with Crippen LogP contribution in [0.3, 0.4) is 0 Å². The first-order valence-electron chi connectivity index (χ1n) is 6.40. The first-order valence-corrected chi connectivity index (χ1v) is 7.62. The molecule has 5 heteroatoms. The number of carbonyl (C=O) groups is 1. The number of carboxylic acid groups (broad SMARTS) is 1. The van der Waals surface area contributed by atoms with E-state index in [0.717, 1.165) is 10.5 Å². The van der Waals surface area contributed by atoms with Gasteiger partial charge in [0.15, 0.2) is 6.04 Å². The van der Waals surface area contributed by atoms with Crippen LogP contribution in [-0.2, 0) is 4.79 Å². The Morgan fingerprint density at radius 3 is 2.43 bits per heavy atom. The van der Waals surface area contributed by atoms with Gasteiger partial charge in [0.25, 0.3) is 0 Å². The summed E-state index contributed by atoms with van der Waals surface area (Å²) in [4.78, 5) is 12.5. The van der Waals surface area contributed by atoms with Crippen molar-refractivity contribution in [3.05, 3.63) is 59.4 Å². The molecule has 0 radical (unpaired) electrons. The Morgan fingerprint density at radius 2 is 1.90 bits per heavy atom. The molecule has 0 heterocycles. The molecule has 2 rings (SSSR count). The van der Waals surface area contributed by atoms with Crippen molar-refractivity contribution in [3.63, 3.8) is 0 Å². The zero-order valence-corrected chi connectivity index (χ0v) is 12.6. The molecule has 0 amide bonds. The van der Waals surface area contributed by atoms with Gasteiger partial charge in [0.1, 0.15) is 5.82 Å². The maximum Gasteiger partial charge on any atom is 0.330 e. The Kier molecular flexibility index (Phi) is 4.85. The second kappa shape index (κ2) is 6.63. The average Bonchev–Trinajstić information content (AvgIpc) is 2.43. The van der Waals surface area contributed by atoms with Crippen LogP contribution in [0.25, 0.3) is 0 Å². The normalized spacial score (nSPS) is 12.0. The van der Waals surface area contributed by atoms with Gasteiger partial charge in [-0.3, -0.25) is 0 Å². The quantitative estimate of drug-likeness (QED) is 0.817. The monoisotopic (exact) mass is 305 g/mol. The van der Waals surface area contributed by atoms with Gasteiger partial charge < -0.3 is 10.4 Å². The molecule has 0 spiro atoms. The number of rotatable bonds is 5. The zero-order chi connectivity index (χ0) is 15.4. The summed E-state index contributed by atoms with van der Waals surface area (Å²) in [5.41, 5.74) is 1.82. The molecule has 2 aromatic carbocycles. The van der Waals surface area contributed by atoms with E-state index in [9.17, 15) is 14.3 Å². The lowest BCUT2D eigenvalue weighted by molar-refractivity contribution is -0.138. The van der Waals surface area contributed by atoms with E-state index in [0.29, 0.717) is 11.3 Å². The fraction of sp³-hybridized carbons (Fsp3) is 0.188. The summed E-state index contributed by atoms with van der Waals surface area (Å²) < 4.78 is 13.4. The van der Waals surface area contributed by atoms with Crippen LogP contribution >= 0.6 is 11.8 Å². The third-order valence-electron chi connectivity index (χ3n) is 3.05. The van der Waals surface area contributed by atoms with Crippen molar-refractivity contribution in [3.8, 4) is 0 Å². The van der Waals surface area contributed by atoms with Gasteiger partial charge in [-0.25, -0.2) is 9.18 Å². The van der Waals surface area contributed by atoms with E-state index in [2.05, 4.69) is 5.32 Å². The minimum Gasteiger partial charge on any atom is -0.479 e. The predicted molar refractivity (Wildman–Crippen MR) is 83.4 cm³/mol. The highest BCUT2D eigenvalue weighted by molar-refractivity contribution is 7.98. The van der Waals surface area contributed by atoms with Crippen LogP contribution in [0, 0.1) is 12.7 Å². The van der Waals surface area contributed by atoms with Crippen molar-refractivity contribution < 1.29 is 14.3 Å². The van der Waals surface area contributed by atoms with Gasteiger partial charge in [-0.05, 0) is 54.6 Å². The molecule has 3 nitrogen and oxygen atoms in total. The molecule has 2 aromatic rings. The van der Waals surface area contributed by atoms with Gasteiger partial charge in [0.05, 0.1) is 0 Å². The molecule has 0 aliphatic rings. The number of carboxylic acids is 1. The molecule has 2 N–H and O–H groups in total. The predicted octanol–water partition coefficient (Wildman–Crippen LogP) is 4.09. The minimum atomic E-state index is -1.01. The number of aliphatic carboxylic acids is 1. The zero-order valence-electron chi connectivity index (χ0n) is 11.8. The van der Waals surface area contributed by atoms with Crippen LogP contribution in [0.1, 0.15) is 17.2 Å². The molecule has 0 aliphatic carbocycles. The molecule has 0 fully saturated rings. The van der Waals surface area contributed by atoms with E-state index >= 15 is 0 Å². The highest BCUT2D eigenvalue weighted by Gasteiger charge is 2.19. The van der Waals surface area contributed by atoms with E-state index < -0.39 is 12.0 Å². The van der Waals surface area contributed by atoms with Crippen LogP contribution in [0.4, 0.5) is 10.1 Å². The van der Waals surface area contributed by atoms with E-state index in [1.165, 1.54) is 12.1 Å². The Labute approximate surface area is 127 Å². The number of aryl methyl sites for hydroxylation is 1. The maximum absolute atomic E-state index is 13.4. The molecule has 110 valence electrons. The Hall–Kier alpha value is -2.01. The molecule has 1 atom stereocenters. The van der Waals surface area contributed by atoms with Gasteiger partial charge in [0.2, 0.25) is 0 Å². The summed E-state index contributed by atoms with van der Waals surface area (Å²) in [6.45, 7) is 1.76. The van der Waals surface area contributed by atoms with Crippen LogP contribution in [0.5, 0.6) is 0 Å². The molecule has 0 aliphatic heterocycles. The van der Waals surface area contributed by atoms with Crippen molar-refractivity contribution in [1.29, 1.82) is 0 Å². The van der Waals surface area contributed by atoms with Crippen molar-refractivity contribution in [2.45, 2.75) is 17.9 Å². The summed E-state index contributed by atoms with van der Waals surface area (Å²) in [6.07, 6.45) is 1.96.